The number of esters is 1. The van der Waals surface area contributed by atoms with Crippen molar-refractivity contribution in [1.29, 1.82) is 0 Å². The van der Waals surface area contributed by atoms with E-state index < -0.39 is 17.8 Å². The fraction of sp³-hybridized carbons (Fsp3) is 0.348. The van der Waals surface area contributed by atoms with Gasteiger partial charge in [0.1, 0.15) is 11.9 Å². The summed E-state index contributed by atoms with van der Waals surface area (Å²) >= 11 is 0. The predicted molar refractivity (Wildman–Crippen MR) is 117 cm³/mol. The number of benzene rings is 2. The average molecular weight is 445 g/mol. The zero-order chi connectivity index (χ0) is 23.2. The lowest BCUT2D eigenvalue weighted by atomic mass is 10.1. The monoisotopic (exact) mass is 445 g/mol. The van der Waals surface area contributed by atoms with Gasteiger partial charge in [0, 0.05) is 25.1 Å². The summed E-state index contributed by atoms with van der Waals surface area (Å²) in [6, 6.07) is 13.8. The van der Waals surface area contributed by atoms with E-state index in [0.29, 0.717) is 38.3 Å². The van der Waals surface area contributed by atoms with Crippen molar-refractivity contribution in [3.05, 3.63) is 71.5 Å². The Labute approximate surface area is 186 Å². The van der Waals surface area contributed by atoms with Crippen LogP contribution in [0.4, 0.5) is 4.39 Å². The molecule has 8 nitrogen and oxygen atoms in total. The van der Waals surface area contributed by atoms with Gasteiger partial charge in [-0.1, -0.05) is 30.3 Å². The Hall–Kier alpha value is -3.30. The molecule has 2 aromatic rings. The Bertz CT molecular complexity index is 862. The van der Waals surface area contributed by atoms with E-state index in [1.807, 2.05) is 30.3 Å². The molecule has 2 rings (SSSR count). The molecule has 0 bridgehead atoms. The van der Waals surface area contributed by atoms with Gasteiger partial charge in [-0.2, -0.15) is 0 Å². The minimum atomic E-state index is -0.766. The molecule has 0 heterocycles. The molecule has 0 spiro atoms. The highest BCUT2D eigenvalue weighted by molar-refractivity contribution is 5.94. The van der Waals surface area contributed by atoms with Crippen molar-refractivity contribution in [1.82, 2.24) is 16.0 Å². The Kier molecular flexibility index (Phi) is 10.8. The number of ether oxygens (including phenoxy) is 2. The summed E-state index contributed by atoms with van der Waals surface area (Å²) in [7, 11) is 1.28. The first kappa shape index (κ1) is 25.0. The van der Waals surface area contributed by atoms with Crippen LogP contribution in [0.15, 0.2) is 54.6 Å². The second-order valence-corrected chi connectivity index (χ2v) is 6.88. The minimum absolute atomic E-state index is 0.0208. The van der Waals surface area contributed by atoms with Crippen molar-refractivity contribution in [3.8, 4) is 0 Å². The summed E-state index contributed by atoms with van der Waals surface area (Å²) in [6.07, 6.45) is 0.339. The molecule has 0 aliphatic heterocycles. The largest absolute Gasteiger partial charge is 0.467 e. The molecule has 0 saturated heterocycles. The van der Waals surface area contributed by atoms with Crippen LogP contribution in [0.3, 0.4) is 0 Å². The highest BCUT2D eigenvalue weighted by atomic mass is 19.1. The quantitative estimate of drug-likeness (QED) is 0.315. The maximum absolute atomic E-state index is 12.9. The van der Waals surface area contributed by atoms with Gasteiger partial charge in [-0.15, -0.1) is 0 Å². The van der Waals surface area contributed by atoms with Crippen LogP contribution in [0.1, 0.15) is 15.9 Å². The molecule has 1 atom stereocenters. The number of carbonyl (C=O) groups excluding carboxylic acids is 3. The summed E-state index contributed by atoms with van der Waals surface area (Å²) in [5, 5.41) is 8.27. The highest BCUT2D eigenvalue weighted by Crippen LogP contribution is 2.04. The van der Waals surface area contributed by atoms with Gasteiger partial charge in [0.25, 0.3) is 5.91 Å². The van der Waals surface area contributed by atoms with Crippen LogP contribution in [0.2, 0.25) is 0 Å². The van der Waals surface area contributed by atoms with E-state index in [1.54, 1.807) is 0 Å². The van der Waals surface area contributed by atoms with Crippen LogP contribution in [0.5, 0.6) is 0 Å². The van der Waals surface area contributed by atoms with Crippen molar-refractivity contribution in [2.24, 2.45) is 0 Å². The number of nitrogens with one attached hydrogen (secondary N) is 3. The predicted octanol–water partition coefficient (Wildman–Crippen LogP) is 1.06. The third-order valence-corrected chi connectivity index (χ3v) is 4.45. The molecule has 32 heavy (non-hydrogen) atoms. The number of carbonyl (C=O) groups is 3. The molecule has 172 valence electrons. The fourth-order valence-corrected chi connectivity index (χ4v) is 2.82. The number of hydrogen-bond acceptors (Lipinski definition) is 6. The minimum Gasteiger partial charge on any atom is -0.467 e. The van der Waals surface area contributed by atoms with Crippen molar-refractivity contribution in [2.45, 2.75) is 12.5 Å². The van der Waals surface area contributed by atoms with Gasteiger partial charge in [0.05, 0.1) is 26.9 Å². The molecule has 3 N–H and O–H groups in total. The zero-order valence-electron chi connectivity index (χ0n) is 17.9. The summed E-state index contributed by atoms with van der Waals surface area (Å²) in [5.41, 5.74) is 1.28. The molecule has 0 aromatic heterocycles. The van der Waals surface area contributed by atoms with Crippen LogP contribution < -0.4 is 16.0 Å². The maximum Gasteiger partial charge on any atom is 0.328 e. The first-order valence-corrected chi connectivity index (χ1v) is 10.2. The molecule has 0 radical (unpaired) electrons. The average Bonchev–Trinajstić information content (AvgIpc) is 2.80. The normalized spacial score (nSPS) is 11.4. The Morgan fingerprint density at radius 2 is 1.66 bits per heavy atom. The molecular formula is C23H28FN3O5. The lowest BCUT2D eigenvalue weighted by Crippen LogP contribution is -2.46. The van der Waals surface area contributed by atoms with Gasteiger partial charge in [-0.05, 0) is 29.8 Å². The van der Waals surface area contributed by atoms with Gasteiger partial charge < -0.3 is 25.4 Å². The summed E-state index contributed by atoms with van der Waals surface area (Å²) in [4.78, 5) is 36.0. The second kappa shape index (κ2) is 13.9. The van der Waals surface area contributed by atoms with Crippen LogP contribution in [0.25, 0.3) is 0 Å². The fourth-order valence-electron chi connectivity index (χ4n) is 2.82. The number of hydrogen-bond donors (Lipinski definition) is 3. The van der Waals surface area contributed by atoms with Gasteiger partial charge in [0.2, 0.25) is 5.91 Å². The Balaban J connectivity index is 1.57. The highest BCUT2D eigenvalue weighted by Gasteiger charge is 2.21. The topological polar surface area (TPSA) is 106 Å². The van der Waals surface area contributed by atoms with E-state index in [4.69, 9.17) is 9.47 Å². The van der Waals surface area contributed by atoms with E-state index in [2.05, 4.69) is 16.0 Å². The van der Waals surface area contributed by atoms with Crippen LogP contribution in [-0.2, 0) is 25.5 Å². The zero-order valence-corrected chi connectivity index (χ0v) is 17.9. The van der Waals surface area contributed by atoms with Crippen LogP contribution >= 0.6 is 0 Å². The molecule has 0 aliphatic carbocycles. The SMILES string of the molecule is COC(=O)[C@H](Cc1ccccc1)NC(=O)CNCCOCCNC(=O)c1ccc(F)cc1. The van der Waals surface area contributed by atoms with E-state index in [1.165, 1.54) is 31.4 Å². The smallest absolute Gasteiger partial charge is 0.328 e. The molecule has 2 aromatic carbocycles. The third kappa shape index (κ3) is 9.23. The van der Waals surface area contributed by atoms with Crippen molar-refractivity contribution >= 4 is 17.8 Å². The molecule has 0 aliphatic rings. The first-order valence-electron chi connectivity index (χ1n) is 10.2. The van der Waals surface area contributed by atoms with Crippen LogP contribution in [-0.4, -0.2) is 63.8 Å². The van der Waals surface area contributed by atoms with Crippen molar-refractivity contribution in [2.75, 3.05) is 40.0 Å². The first-order chi connectivity index (χ1) is 15.5. The standard InChI is InChI=1S/C23H28FN3O5/c1-31-23(30)20(15-17-5-3-2-4-6-17)27-21(28)16-25-11-13-32-14-12-26-22(29)18-7-9-19(24)10-8-18/h2-10,20,25H,11-16H2,1H3,(H,26,29)(H,27,28)/t20-/m0/s1. The van der Waals surface area contributed by atoms with Crippen molar-refractivity contribution in [3.63, 3.8) is 0 Å². The van der Waals surface area contributed by atoms with Gasteiger partial charge in [-0.3, -0.25) is 9.59 Å². The molecule has 0 unspecified atom stereocenters. The molecular weight excluding hydrogens is 417 g/mol. The maximum atomic E-state index is 12.9. The van der Waals surface area contributed by atoms with E-state index in [9.17, 15) is 18.8 Å². The molecule has 2 amide bonds. The third-order valence-electron chi connectivity index (χ3n) is 4.45. The van der Waals surface area contributed by atoms with E-state index in [-0.39, 0.29) is 18.4 Å². The number of methoxy groups -OCH3 is 1. The lowest BCUT2D eigenvalue weighted by Gasteiger charge is -2.17. The van der Waals surface area contributed by atoms with E-state index >= 15 is 0 Å². The van der Waals surface area contributed by atoms with Gasteiger partial charge >= 0.3 is 5.97 Å². The summed E-state index contributed by atoms with van der Waals surface area (Å²) < 4.78 is 23.0. The lowest BCUT2D eigenvalue weighted by molar-refractivity contribution is -0.144. The number of amides is 2. The second-order valence-electron chi connectivity index (χ2n) is 6.88. The van der Waals surface area contributed by atoms with E-state index in [0.717, 1.165) is 5.56 Å². The van der Waals surface area contributed by atoms with Gasteiger partial charge in [-0.25, -0.2) is 9.18 Å². The molecule has 9 heteroatoms. The molecule has 0 fully saturated rings. The number of halogens is 1. The van der Waals surface area contributed by atoms with Crippen LogP contribution in [0, 0.1) is 5.82 Å². The summed E-state index contributed by atoms with van der Waals surface area (Å²) in [6.45, 7) is 1.37. The number of rotatable bonds is 13. The summed E-state index contributed by atoms with van der Waals surface area (Å²) in [5.74, 6) is -1.54. The molecule has 0 saturated carbocycles. The van der Waals surface area contributed by atoms with Crippen molar-refractivity contribution < 1.29 is 28.2 Å². The Morgan fingerprint density at radius 3 is 2.34 bits per heavy atom. The Morgan fingerprint density at radius 1 is 0.969 bits per heavy atom. The van der Waals surface area contributed by atoms with Gasteiger partial charge in [0.15, 0.2) is 0 Å².